The van der Waals surface area contributed by atoms with Crippen molar-refractivity contribution in [2.45, 2.75) is 38.2 Å². The van der Waals surface area contributed by atoms with E-state index in [1.165, 1.54) is 6.92 Å². The summed E-state index contributed by atoms with van der Waals surface area (Å²) in [5.74, 6) is -0.882. The summed E-state index contributed by atoms with van der Waals surface area (Å²) in [6.07, 6.45) is 0. The van der Waals surface area contributed by atoms with Crippen molar-refractivity contribution >= 4 is 28.8 Å². The molecule has 0 bridgehead atoms. The number of carbonyl (C=O) groups excluding carboxylic acids is 1. The molecule has 0 unspecified atom stereocenters. The van der Waals surface area contributed by atoms with Gasteiger partial charge < -0.3 is 14.8 Å². The highest BCUT2D eigenvalue weighted by Gasteiger charge is 2.27. The van der Waals surface area contributed by atoms with Crippen molar-refractivity contribution in [3.05, 3.63) is 23.3 Å². The third kappa shape index (κ3) is 4.52. The van der Waals surface area contributed by atoms with Crippen LogP contribution in [0.3, 0.4) is 0 Å². The van der Waals surface area contributed by atoms with E-state index in [0.717, 1.165) is 12.1 Å². The van der Waals surface area contributed by atoms with Crippen LogP contribution in [0.25, 0.3) is 0 Å². The molecule has 0 spiro atoms. The molecular weight excluding hydrogens is 302 g/mol. The minimum Gasteiger partial charge on any atom is -0.456 e. The Morgan fingerprint density at radius 3 is 2.19 bits per heavy atom. The maximum absolute atomic E-state index is 13.3. The summed E-state index contributed by atoms with van der Waals surface area (Å²) in [5.41, 5.74) is -1.56. The summed E-state index contributed by atoms with van der Waals surface area (Å²) < 4.78 is 40.6. The first-order valence-corrected chi connectivity index (χ1v) is 7.40. The van der Waals surface area contributed by atoms with Gasteiger partial charge in [-0.1, -0.05) is 0 Å². The molecule has 1 aromatic rings. The molecule has 2 N–H and O–H groups in total. The predicted molar refractivity (Wildman–Crippen MR) is 74.5 cm³/mol. The van der Waals surface area contributed by atoms with Gasteiger partial charge in [0.2, 0.25) is 0 Å². The minimum absolute atomic E-state index is 0.156. The first-order valence-electron chi connectivity index (χ1n) is 6.01. The second-order valence-electron chi connectivity index (χ2n) is 5.51. The fourth-order valence-corrected chi connectivity index (χ4v) is 2.41. The number of hydrogen-bond donors (Lipinski definition) is 2. The van der Waals surface area contributed by atoms with Gasteiger partial charge in [0, 0.05) is 0 Å². The van der Waals surface area contributed by atoms with Crippen LogP contribution in [0.5, 0.6) is 0 Å². The van der Waals surface area contributed by atoms with Crippen molar-refractivity contribution in [2.24, 2.45) is 0 Å². The van der Waals surface area contributed by atoms with Crippen molar-refractivity contribution in [2.75, 3.05) is 0 Å². The highest BCUT2D eigenvalue weighted by Crippen LogP contribution is 2.22. The van der Waals surface area contributed by atoms with Gasteiger partial charge in [0.1, 0.15) is 10.5 Å². The molecule has 0 aliphatic heterocycles. The molecule has 0 heterocycles. The Morgan fingerprint density at radius 2 is 1.81 bits per heavy atom. The lowest BCUT2D eigenvalue weighted by molar-refractivity contribution is 0.00685. The van der Waals surface area contributed by atoms with Crippen molar-refractivity contribution in [3.8, 4) is 0 Å². The highest BCUT2D eigenvalue weighted by atomic mass is 32.3. The standard InChI is InChI=1S/C12H16BFO6S/c1-7-9(11(15)20-12(2,3)4)5-8(13(16)17)6-10(7)21(14,18)19/h5-6,16-17H,1-4H3. The smallest absolute Gasteiger partial charge is 0.456 e. The summed E-state index contributed by atoms with van der Waals surface area (Å²) in [7, 11) is -7.17. The van der Waals surface area contributed by atoms with Gasteiger partial charge in [-0.3, -0.25) is 0 Å². The molecule has 0 saturated heterocycles. The maximum Gasteiger partial charge on any atom is 0.488 e. The number of esters is 1. The van der Waals surface area contributed by atoms with E-state index in [1.807, 2.05) is 0 Å². The SMILES string of the molecule is Cc1c(C(=O)OC(C)(C)C)cc(B(O)O)cc1S(=O)(=O)F. The first kappa shape index (κ1) is 17.6. The summed E-state index contributed by atoms with van der Waals surface area (Å²) in [5, 5.41) is 18.3. The lowest BCUT2D eigenvalue weighted by atomic mass is 9.79. The zero-order chi connectivity index (χ0) is 16.6. The van der Waals surface area contributed by atoms with E-state index in [0.29, 0.717) is 0 Å². The molecular formula is C12H16BFO6S. The highest BCUT2D eigenvalue weighted by molar-refractivity contribution is 7.86. The molecule has 0 atom stereocenters. The summed E-state index contributed by atoms with van der Waals surface area (Å²) in [6.45, 7) is 6.06. The second kappa shape index (κ2) is 5.74. The molecule has 0 saturated carbocycles. The van der Waals surface area contributed by atoms with Crippen LogP contribution < -0.4 is 5.46 Å². The van der Waals surface area contributed by atoms with Crippen LogP contribution in [0.4, 0.5) is 3.89 Å². The van der Waals surface area contributed by atoms with Gasteiger partial charge in [-0.2, -0.15) is 8.42 Å². The Kier molecular flexibility index (Phi) is 4.81. The van der Waals surface area contributed by atoms with Gasteiger partial charge in [-0.15, -0.1) is 3.89 Å². The van der Waals surface area contributed by atoms with Crippen molar-refractivity contribution in [1.82, 2.24) is 0 Å². The maximum atomic E-state index is 13.3. The van der Waals surface area contributed by atoms with Crippen LogP contribution in [0.2, 0.25) is 0 Å². The molecule has 1 aromatic carbocycles. The Bertz CT molecular complexity index is 663. The molecule has 0 fully saturated rings. The van der Waals surface area contributed by atoms with Crippen molar-refractivity contribution < 1.29 is 31.9 Å². The largest absolute Gasteiger partial charge is 0.488 e. The van der Waals surface area contributed by atoms with Gasteiger partial charge in [0.05, 0.1) is 5.56 Å². The summed E-state index contributed by atoms with van der Waals surface area (Å²) >= 11 is 0. The fraction of sp³-hybridized carbons (Fsp3) is 0.417. The van der Waals surface area contributed by atoms with E-state index in [9.17, 15) is 17.1 Å². The quantitative estimate of drug-likeness (QED) is 0.472. The number of hydrogen-bond acceptors (Lipinski definition) is 6. The third-order valence-corrected chi connectivity index (χ3v) is 3.51. The predicted octanol–water partition coefficient (Wildman–Crippen LogP) is 0.288. The first-order chi connectivity index (χ1) is 9.33. The molecule has 1 rings (SSSR count). The average molecular weight is 318 g/mol. The summed E-state index contributed by atoms with van der Waals surface area (Å²) in [6, 6.07) is 1.83. The lowest BCUT2D eigenvalue weighted by Gasteiger charge is -2.21. The van der Waals surface area contributed by atoms with Crippen molar-refractivity contribution in [1.29, 1.82) is 0 Å². The minimum atomic E-state index is -5.12. The molecule has 9 heteroatoms. The van der Waals surface area contributed by atoms with Crippen LogP contribution in [0.15, 0.2) is 17.0 Å². The van der Waals surface area contributed by atoms with E-state index in [2.05, 4.69) is 0 Å². The normalized spacial score (nSPS) is 12.1. The zero-order valence-electron chi connectivity index (χ0n) is 12.0. The number of ether oxygens (including phenoxy) is 1. The van der Waals surface area contributed by atoms with E-state index in [-0.39, 0.29) is 16.6 Å². The van der Waals surface area contributed by atoms with E-state index in [1.54, 1.807) is 20.8 Å². The molecule has 0 aliphatic carbocycles. The van der Waals surface area contributed by atoms with E-state index < -0.39 is 33.8 Å². The second-order valence-corrected chi connectivity index (χ2v) is 6.82. The topological polar surface area (TPSA) is 101 Å². The van der Waals surface area contributed by atoms with Crippen molar-refractivity contribution in [3.63, 3.8) is 0 Å². The molecule has 116 valence electrons. The molecule has 0 radical (unpaired) electrons. The van der Waals surface area contributed by atoms with Crippen LogP contribution in [-0.2, 0) is 15.0 Å². The molecule has 0 amide bonds. The van der Waals surface area contributed by atoms with E-state index in [4.69, 9.17) is 14.8 Å². The van der Waals surface area contributed by atoms with Crippen LogP contribution in [0.1, 0.15) is 36.7 Å². The monoisotopic (exact) mass is 318 g/mol. The number of rotatable bonds is 3. The van der Waals surface area contributed by atoms with Gasteiger partial charge in [0.25, 0.3) is 0 Å². The molecule has 0 aromatic heterocycles. The number of halogens is 1. The lowest BCUT2D eigenvalue weighted by Crippen LogP contribution is -2.33. The summed E-state index contributed by atoms with van der Waals surface area (Å²) in [4.78, 5) is 11.2. The van der Waals surface area contributed by atoms with E-state index >= 15 is 0 Å². The van der Waals surface area contributed by atoms with Gasteiger partial charge in [-0.25, -0.2) is 4.79 Å². The molecule has 0 aliphatic rings. The molecule has 21 heavy (non-hydrogen) atoms. The molecule has 6 nitrogen and oxygen atoms in total. The van der Waals surface area contributed by atoms with Gasteiger partial charge in [-0.05, 0) is 50.9 Å². The average Bonchev–Trinajstić information content (AvgIpc) is 2.24. The van der Waals surface area contributed by atoms with Crippen LogP contribution in [0, 0.1) is 6.92 Å². The Balaban J connectivity index is 3.52. The number of carbonyl (C=O) groups is 1. The fourth-order valence-electron chi connectivity index (χ4n) is 1.66. The number of benzene rings is 1. The van der Waals surface area contributed by atoms with Gasteiger partial charge in [0.15, 0.2) is 0 Å². The van der Waals surface area contributed by atoms with Crippen LogP contribution in [-0.4, -0.2) is 37.2 Å². The third-order valence-electron chi connectivity index (χ3n) is 2.56. The Labute approximate surface area is 122 Å². The Morgan fingerprint density at radius 1 is 1.29 bits per heavy atom. The van der Waals surface area contributed by atoms with Gasteiger partial charge >= 0.3 is 23.3 Å². The van der Waals surface area contributed by atoms with Crippen LogP contribution >= 0.6 is 0 Å². The Hall–Kier alpha value is -1.45. The zero-order valence-corrected chi connectivity index (χ0v) is 12.9.